The van der Waals surface area contributed by atoms with Gasteiger partial charge in [0.25, 0.3) is 0 Å². The second-order valence-electron chi connectivity index (χ2n) is 6.77. The Balaban J connectivity index is 4.17. The monoisotopic (exact) mass is 243 g/mol. The first-order valence-corrected chi connectivity index (χ1v) is 7.04. The van der Waals surface area contributed by atoms with Gasteiger partial charge >= 0.3 is 0 Å². The SMILES string of the molecule is CCCOCCC(C)(CNC(C)(C)C)C(C)C. The molecule has 0 aromatic carbocycles. The van der Waals surface area contributed by atoms with Gasteiger partial charge < -0.3 is 10.1 Å². The van der Waals surface area contributed by atoms with Gasteiger partial charge in [-0.2, -0.15) is 0 Å². The van der Waals surface area contributed by atoms with Gasteiger partial charge in [0.1, 0.15) is 0 Å². The van der Waals surface area contributed by atoms with Crippen LogP contribution in [0.2, 0.25) is 0 Å². The zero-order valence-electron chi connectivity index (χ0n) is 13.0. The van der Waals surface area contributed by atoms with Crippen LogP contribution in [0.4, 0.5) is 0 Å². The van der Waals surface area contributed by atoms with Crippen molar-refractivity contribution >= 4 is 0 Å². The molecule has 1 unspecified atom stereocenters. The maximum atomic E-state index is 5.63. The van der Waals surface area contributed by atoms with Gasteiger partial charge in [-0.3, -0.25) is 0 Å². The highest BCUT2D eigenvalue weighted by Gasteiger charge is 2.29. The van der Waals surface area contributed by atoms with Crippen LogP contribution in [0.15, 0.2) is 0 Å². The fourth-order valence-corrected chi connectivity index (χ4v) is 1.60. The van der Waals surface area contributed by atoms with E-state index in [-0.39, 0.29) is 5.54 Å². The van der Waals surface area contributed by atoms with Gasteiger partial charge in [0.05, 0.1) is 0 Å². The molecule has 104 valence electrons. The van der Waals surface area contributed by atoms with E-state index in [0.29, 0.717) is 11.3 Å². The topological polar surface area (TPSA) is 21.3 Å². The maximum absolute atomic E-state index is 5.63. The van der Waals surface area contributed by atoms with Crippen molar-refractivity contribution in [3.63, 3.8) is 0 Å². The molecule has 0 amide bonds. The van der Waals surface area contributed by atoms with Gasteiger partial charge in [0.2, 0.25) is 0 Å². The van der Waals surface area contributed by atoms with Crippen LogP contribution in [0.25, 0.3) is 0 Å². The van der Waals surface area contributed by atoms with Gasteiger partial charge in [0, 0.05) is 25.3 Å². The molecule has 2 heteroatoms. The largest absolute Gasteiger partial charge is 0.381 e. The highest BCUT2D eigenvalue weighted by Crippen LogP contribution is 2.30. The van der Waals surface area contributed by atoms with Crippen LogP contribution in [-0.2, 0) is 4.74 Å². The summed E-state index contributed by atoms with van der Waals surface area (Å²) in [6.45, 7) is 18.6. The van der Waals surface area contributed by atoms with Crippen LogP contribution in [0.5, 0.6) is 0 Å². The van der Waals surface area contributed by atoms with Crippen molar-refractivity contribution in [1.82, 2.24) is 5.32 Å². The third-order valence-electron chi connectivity index (χ3n) is 3.58. The van der Waals surface area contributed by atoms with Crippen LogP contribution in [0, 0.1) is 11.3 Å². The quantitative estimate of drug-likeness (QED) is 0.654. The zero-order valence-corrected chi connectivity index (χ0v) is 13.0. The Morgan fingerprint density at radius 2 is 1.65 bits per heavy atom. The average molecular weight is 243 g/mol. The first-order valence-electron chi connectivity index (χ1n) is 7.04. The van der Waals surface area contributed by atoms with Gasteiger partial charge in [-0.1, -0.05) is 27.7 Å². The zero-order chi connectivity index (χ0) is 13.5. The molecule has 0 aromatic heterocycles. The molecule has 1 atom stereocenters. The Hall–Kier alpha value is -0.0800. The van der Waals surface area contributed by atoms with E-state index in [1.807, 2.05) is 0 Å². The molecule has 0 heterocycles. The van der Waals surface area contributed by atoms with Gasteiger partial charge in [0.15, 0.2) is 0 Å². The molecular formula is C15H33NO. The fraction of sp³-hybridized carbons (Fsp3) is 1.00. The van der Waals surface area contributed by atoms with Crippen molar-refractivity contribution in [2.75, 3.05) is 19.8 Å². The first kappa shape index (κ1) is 16.9. The summed E-state index contributed by atoms with van der Waals surface area (Å²) in [6, 6.07) is 0. The second-order valence-corrected chi connectivity index (χ2v) is 6.77. The molecule has 0 radical (unpaired) electrons. The maximum Gasteiger partial charge on any atom is 0.0471 e. The summed E-state index contributed by atoms with van der Waals surface area (Å²) in [6.07, 6.45) is 2.24. The Bertz CT molecular complexity index is 196. The fourth-order valence-electron chi connectivity index (χ4n) is 1.60. The first-order chi connectivity index (χ1) is 7.71. The van der Waals surface area contributed by atoms with Gasteiger partial charge in [-0.15, -0.1) is 0 Å². The molecule has 0 bridgehead atoms. The average Bonchev–Trinajstić information content (AvgIpc) is 2.20. The normalized spacial score (nSPS) is 16.2. The molecule has 0 aromatic rings. The molecule has 0 spiro atoms. The third-order valence-corrected chi connectivity index (χ3v) is 3.58. The lowest BCUT2D eigenvalue weighted by Gasteiger charge is -2.37. The molecule has 0 aliphatic carbocycles. The number of ether oxygens (including phenoxy) is 1. The molecule has 1 N–H and O–H groups in total. The highest BCUT2D eigenvalue weighted by atomic mass is 16.5. The van der Waals surface area contributed by atoms with Crippen molar-refractivity contribution in [3.8, 4) is 0 Å². The molecule has 17 heavy (non-hydrogen) atoms. The molecule has 0 saturated carbocycles. The van der Waals surface area contributed by atoms with E-state index < -0.39 is 0 Å². The van der Waals surface area contributed by atoms with Crippen molar-refractivity contribution in [3.05, 3.63) is 0 Å². The van der Waals surface area contributed by atoms with Crippen molar-refractivity contribution in [1.29, 1.82) is 0 Å². The Morgan fingerprint density at radius 3 is 2.06 bits per heavy atom. The van der Waals surface area contributed by atoms with Crippen LogP contribution in [0.1, 0.15) is 61.3 Å². The van der Waals surface area contributed by atoms with E-state index >= 15 is 0 Å². The van der Waals surface area contributed by atoms with E-state index in [2.05, 4.69) is 53.8 Å². The van der Waals surface area contributed by atoms with E-state index in [1.54, 1.807) is 0 Å². The predicted octanol–water partition coefficient (Wildman–Crippen LogP) is 3.85. The number of rotatable bonds is 8. The lowest BCUT2D eigenvalue weighted by Crippen LogP contribution is -2.45. The van der Waals surface area contributed by atoms with Crippen LogP contribution >= 0.6 is 0 Å². The lowest BCUT2D eigenvalue weighted by atomic mass is 9.76. The predicted molar refractivity (Wildman–Crippen MR) is 76.4 cm³/mol. The standard InChI is InChI=1S/C15H33NO/c1-8-10-17-11-9-15(7,13(2)3)12-16-14(4,5)6/h13,16H,8-12H2,1-7H3. The summed E-state index contributed by atoms with van der Waals surface area (Å²) in [5, 5.41) is 3.63. The minimum absolute atomic E-state index is 0.195. The molecule has 0 fully saturated rings. The molecule has 0 aliphatic rings. The third kappa shape index (κ3) is 7.77. The summed E-state index contributed by atoms with van der Waals surface area (Å²) < 4.78 is 5.63. The summed E-state index contributed by atoms with van der Waals surface area (Å²) in [7, 11) is 0. The Morgan fingerprint density at radius 1 is 1.06 bits per heavy atom. The molecule has 0 rings (SSSR count). The van der Waals surface area contributed by atoms with Crippen LogP contribution < -0.4 is 5.32 Å². The highest BCUT2D eigenvalue weighted by molar-refractivity contribution is 4.83. The molecule has 0 saturated heterocycles. The Labute approximate surface area is 109 Å². The molecule has 2 nitrogen and oxygen atoms in total. The van der Waals surface area contributed by atoms with E-state index in [0.717, 1.165) is 32.6 Å². The van der Waals surface area contributed by atoms with Gasteiger partial charge in [-0.25, -0.2) is 0 Å². The smallest absolute Gasteiger partial charge is 0.0471 e. The minimum atomic E-state index is 0.195. The van der Waals surface area contributed by atoms with Crippen molar-refractivity contribution < 1.29 is 4.74 Å². The summed E-state index contributed by atoms with van der Waals surface area (Å²) in [5.41, 5.74) is 0.515. The number of hydrogen-bond acceptors (Lipinski definition) is 2. The molecular weight excluding hydrogens is 210 g/mol. The van der Waals surface area contributed by atoms with E-state index in [9.17, 15) is 0 Å². The number of nitrogens with one attached hydrogen (secondary N) is 1. The summed E-state index contributed by atoms with van der Waals surface area (Å²) in [4.78, 5) is 0. The van der Waals surface area contributed by atoms with Gasteiger partial charge in [-0.05, 0) is 44.9 Å². The number of hydrogen-bond donors (Lipinski definition) is 1. The second kappa shape index (κ2) is 7.38. The molecule has 0 aliphatic heterocycles. The van der Waals surface area contributed by atoms with E-state index in [4.69, 9.17) is 4.74 Å². The summed E-state index contributed by atoms with van der Waals surface area (Å²) >= 11 is 0. The van der Waals surface area contributed by atoms with Crippen LogP contribution in [-0.4, -0.2) is 25.3 Å². The Kier molecular flexibility index (Phi) is 7.34. The van der Waals surface area contributed by atoms with Crippen molar-refractivity contribution in [2.24, 2.45) is 11.3 Å². The van der Waals surface area contributed by atoms with Crippen LogP contribution in [0.3, 0.4) is 0 Å². The summed E-state index contributed by atoms with van der Waals surface area (Å²) in [5.74, 6) is 0.669. The van der Waals surface area contributed by atoms with Crippen molar-refractivity contribution in [2.45, 2.75) is 66.8 Å². The van der Waals surface area contributed by atoms with E-state index in [1.165, 1.54) is 0 Å². The lowest BCUT2D eigenvalue weighted by molar-refractivity contribution is 0.0758. The minimum Gasteiger partial charge on any atom is -0.381 e.